The summed E-state index contributed by atoms with van der Waals surface area (Å²) in [6, 6.07) is 8.47. The van der Waals surface area contributed by atoms with Crippen molar-refractivity contribution in [1.82, 2.24) is 4.90 Å². The number of hydrogen-bond acceptors (Lipinski definition) is 9. The van der Waals surface area contributed by atoms with Crippen LogP contribution in [0.5, 0.6) is 23.0 Å². The van der Waals surface area contributed by atoms with Gasteiger partial charge in [0.15, 0.2) is 23.0 Å². The summed E-state index contributed by atoms with van der Waals surface area (Å²) >= 11 is 0. The largest absolute Gasteiger partial charge is 0.493 e. The molecule has 1 atom stereocenters. The van der Waals surface area contributed by atoms with E-state index < -0.39 is 5.09 Å². The first-order chi connectivity index (χ1) is 18.5. The maximum Gasteiger partial charge on any atom is 0.311 e. The van der Waals surface area contributed by atoms with Crippen LogP contribution in [0.4, 0.5) is 0 Å². The third-order valence-electron chi connectivity index (χ3n) is 7.61. The highest BCUT2D eigenvalue weighted by Crippen LogP contribution is 2.46. The van der Waals surface area contributed by atoms with E-state index in [0.717, 1.165) is 68.6 Å². The fourth-order valence-electron chi connectivity index (χ4n) is 5.65. The molecule has 0 radical (unpaired) electrons. The van der Waals surface area contributed by atoms with Crippen molar-refractivity contribution >= 4 is 5.97 Å². The lowest BCUT2D eigenvalue weighted by Gasteiger charge is -2.42. The molecule has 3 aliphatic heterocycles. The average molecular weight is 527 g/mol. The molecule has 204 valence electrons. The fourth-order valence-corrected chi connectivity index (χ4v) is 5.65. The van der Waals surface area contributed by atoms with Crippen LogP contribution in [0.1, 0.15) is 73.2 Å². The lowest BCUT2D eigenvalue weighted by Crippen LogP contribution is -2.39. The Bertz CT molecular complexity index is 1180. The molecule has 38 heavy (non-hydrogen) atoms. The first-order valence-corrected chi connectivity index (χ1v) is 13.4. The molecule has 0 N–H and O–H groups in total. The van der Waals surface area contributed by atoms with Crippen LogP contribution in [0, 0.1) is 10.1 Å². The molecule has 0 bridgehead atoms. The Labute approximate surface area is 221 Å². The van der Waals surface area contributed by atoms with Gasteiger partial charge in [-0.15, -0.1) is 10.1 Å². The van der Waals surface area contributed by atoms with E-state index in [0.29, 0.717) is 30.9 Å². The van der Waals surface area contributed by atoms with Crippen molar-refractivity contribution < 1.29 is 33.7 Å². The fraction of sp³-hybridized carbons (Fsp3) is 0.536. The Hall–Kier alpha value is -3.53. The molecule has 10 heteroatoms. The summed E-state index contributed by atoms with van der Waals surface area (Å²) in [7, 11) is 1.60. The summed E-state index contributed by atoms with van der Waals surface area (Å²) in [6.45, 7) is 2.01. The smallest absolute Gasteiger partial charge is 0.311 e. The van der Waals surface area contributed by atoms with Crippen LogP contribution < -0.4 is 18.9 Å². The molecule has 0 amide bonds. The molecule has 2 aromatic rings. The lowest BCUT2D eigenvalue weighted by atomic mass is 9.83. The predicted molar refractivity (Wildman–Crippen MR) is 137 cm³/mol. The SMILES string of the molecule is COc1ccc2c(c1OC(=O)CCCCCCCCO[N+](=O)[O-])CN1CCc3cc4c(cc3C1C2)OCO4. The molecule has 0 saturated carbocycles. The Morgan fingerprint density at radius 1 is 1.08 bits per heavy atom. The normalized spacial score (nSPS) is 17.2. The molecule has 0 fully saturated rings. The standard InChI is InChI=1S/C28H34N2O8/c1-34-24-10-9-19-14-23-21-16-26-25(35-18-36-26)15-20(21)11-12-29(23)17-22(19)28(24)38-27(31)8-6-4-2-3-5-7-13-37-30(32)33/h9-10,15-16,23H,2-8,11-14,17-18H2,1H3. The summed E-state index contributed by atoms with van der Waals surface area (Å²) in [5.41, 5.74) is 4.78. The Morgan fingerprint density at radius 3 is 2.63 bits per heavy atom. The van der Waals surface area contributed by atoms with Crippen LogP contribution in [0.2, 0.25) is 0 Å². The number of carbonyl (C=O) groups is 1. The van der Waals surface area contributed by atoms with E-state index in [1.807, 2.05) is 6.07 Å². The molecule has 0 spiro atoms. The van der Waals surface area contributed by atoms with Crippen LogP contribution in [-0.2, 0) is 29.0 Å². The summed E-state index contributed by atoms with van der Waals surface area (Å²) in [5, 5.41) is 9.39. The minimum Gasteiger partial charge on any atom is -0.493 e. The first-order valence-electron chi connectivity index (χ1n) is 13.4. The third-order valence-corrected chi connectivity index (χ3v) is 7.61. The van der Waals surface area contributed by atoms with Gasteiger partial charge in [0.25, 0.3) is 5.09 Å². The van der Waals surface area contributed by atoms with Crippen LogP contribution in [0.25, 0.3) is 0 Å². The van der Waals surface area contributed by atoms with Crippen molar-refractivity contribution in [2.45, 2.75) is 70.4 Å². The quantitative estimate of drug-likeness (QED) is 0.125. The number of rotatable bonds is 12. The number of esters is 1. The number of hydrogen-bond donors (Lipinski definition) is 0. The zero-order valence-corrected chi connectivity index (χ0v) is 21.7. The van der Waals surface area contributed by atoms with Crippen molar-refractivity contribution in [3.63, 3.8) is 0 Å². The maximum absolute atomic E-state index is 12.8. The molecule has 5 rings (SSSR count). The number of fused-ring (bicyclic) bond motifs is 5. The van der Waals surface area contributed by atoms with Crippen molar-refractivity contribution in [3.05, 3.63) is 56.6 Å². The van der Waals surface area contributed by atoms with E-state index in [2.05, 4.69) is 27.9 Å². The average Bonchev–Trinajstić information content (AvgIpc) is 3.37. The van der Waals surface area contributed by atoms with Gasteiger partial charge in [0.1, 0.15) is 0 Å². The molecule has 3 aliphatic rings. The highest BCUT2D eigenvalue weighted by molar-refractivity contribution is 5.74. The summed E-state index contributed by atoms with van der Waals surface area (Å²) in [6.07, 6.45) is 7.19. The van der Waals surface area contributed by atoms with Gasteiger partial charge in [-0.05, 0) is 60.6 Å². The van der Waals surface area contributed by atoms with Gasteiger partial charge in [0.2, 0.25) is 6.79 Å². The molecular weight excluding hydrogens is 492 g/mol. The van der Waals surface area contributed by atoms with Gasteiger partial charge in [-0.3, -0.25) is 9.69 Å². The maximum atomic E-state index is 12.8. The number of carbonyl (C=O) groups excluding carboxylic acids is 1. The number of unbranched alkanes of at least 4 members (excludes halogenated alkanes) is 5. The van der Waals surface area contributed by atoms with Crippen LogP contribution in [0.15, 0.2) is 24.3 Å². The van der Waals surface area contributed by atoms with Crippen molar-refractivity contribution in [3.8, 4) is 23.0 Å². The van der Waals surface area contributed by atoms with E-state index in [9.17, 15) is 14.9 Å². The van der Waals surface area contributed by atoms with Gasteiger partial charge in [-0.2, -0.15) is 0 Å². The zero-order chi connectivity index (χ0) is 26.5. The topological polar surface area (TPSA) is 110 Å². The van der Waals surface area contributed by atoms with Crippen LogP contribution in [0.3, 0.4) is 0 Å². The van der Waals surface area contributed by atoms with Gasteiger partial charge < -0.3 is 23.8 Å². The van der Waals surface area contributed by atoms with E-state index in [1.165, 1.54) is 16.7 Å². The second-order valence-corrected chi connectivity index (χ2v) is 9.98. The lowest BCUT2D eigenvalue weighted by molar-refractivity contribution is -0.757. The summed E-state index contributed by atoms with van der Waals surface area (Å²) in [5.74, 6) is 2.50. The van der Waals surface area contributed by atoms with Crippen LogP contribution >= 0.6 is 0 Å². The second-order valence-electron chi connectivity index (χ2n) is 9.98. The van der Waals surface area contributed by atoms with E-state index in [4.69, 9.17) is 18.9 Å². The molecule has 3 heterocycles. The monoisotopic (exact) mass is 526 g/mol. The van der Waals surface area contributed by atoms with E-state index >= 15 is 0 Å². The van der Waals surface area contributed by atoms with Crippen molar-refractivity contribution in [2.24, 2.45) is 0 Å². The van der Waals surface area contributed by atoms with Gasteiger partial charge in [0.05, 0.1) is 13.7 Å². The van der Waals surface area contributed by atoms with Gasteiger partial charge in [-0.1, -0.05) is 31.7 Å². The summed E-state index contributed by atoms with van der Waals surface area (Å²) < 4.78 is 22.7. The van der Waals surface area contributed by atoms with Gasteiger partial charge in [-0.25, -0.2) is 0 Å². The van der Waals surface area contributed by atoms with Crippen LogP contribution in [-0.4, -0.2) is 43.0 Å². The highest BCUT2D eigenvalue weighted by Gasteiger charge is 2.36. The van der Waals surface area contributed by atoms with Gasteiger partial charge >= 0.3 is 5.97 Å². The Kier molecular flexibility index (Phi) is 8.17. The predicted octanol–water partition coefficient (Wildman–Crippen LogP) is 4.92. The molecule has 1 unspecified atom stereocenters. The first kappa shape index (κ1) is 26.1. The number of methoxy groups -OCH3 is 1. The van der Waals surface area contributed by atoms with E-state index in [-0.39, 0.29) is 25.4 Å². The molecular formula is C28H34N2O8. The number of ether oxygens (including phenoxy) is 4. The summed E-state index contributed by atoms with van der Waals surface area (Å²) in [4.78, 5) is 29.7. The molecule has 10 nitrogen and oxygen atoms in total. The zero-order valence-electron chi connectivity index (χ0n) is 21.7. The van der Waals surface area contributed by atoms with Gasteiger partial charge in [0, 0.05) is 31.1 Å². The molecule has 0 aliphatic carbocycles. The molecule has 2 aromatic carbocycles. The minimum absolute atomic E-state index is 0.137. The third kappa shape index (κ3) is 5.80. The van der Waals surface area contributed by atoms with Crippen molar-refractivity contribution in [2.75, 3.05) is 27.1 Å². The van der Waals surface area contributed by atoms with E-state index in [1.54, 1.807) is 7.11 Å². The number of benzene rings is 2. The van der Waals surface area contributed by atoms with Crippen molar-refractivity contribution in [1.29, 1.82) is 0 Å². The molecule has 0 saturated heterocycles. The minimum atomic E-state index is -0.759. The highest BCUT2D eigenvalue weighted by atomic mass is 16.9. The Balaban J connectivity index is 1.18. The Morgan fingerprint density at radius 2 is 1.84 bits per heavy atom. The second kappa shape index (κ2) is 11.9. The molecule has 0 aromatic heterocycles. The number of nitrogens with zero attached hydrogens (tertiary/aromatic N) is 2.